The molecule has 0 aliphatic rings. The van der Waals surface area contributed by atoms with Gasteiger partial charge in [0.2, 0.25) is 5.91 Å². The van der Waals surface area contributed by atoms with Crippen molar-refractivity contribution in [1.29, 1.82) is 0 Å². The molecule has 0 saturated carbocycles. The molecule has 3 rings (SSSR count). The summed E-state index contributed by atoms with van der Waals surface area (Å²) in [5.74, 6) is -0.274. The van der Waals surface area contributed by atoms with Gasteiger partial charge in [0.05, 0.1) is 12.2 Å². The molecule has 1 atom stereocenters. The number of halogens is 1. The van der Waals surface area contributed by atoms with E-state index in [4.69, 9.17) is 11.6 Å². The molecule has 0 aliphatic carbocycles. The van der Waals surface area contributed by atoms with E-state index in [1.165, 1.54) is 21.8 Å². The van der Waals surface area contributed by atoms with Crippen molar-refractivity contribution >= 4 is 28.5 Å². The van der Waals surface area contributed by atoms with Crippen LogP contribution in [0.2, 0.25) is 5.02 Å². The van der Waals surface area contributed by atoms with Crippen LogP contribution >= 0.6 is 11.6 Å². The molecule has 8 heteroatoms. The molecule has 2 heterocycles. The average molecular weight is 346 g/mol. The molecule has 0 aliphatic heterocycles. The van der Waals surface area contributed by atoms with E-state index in [9.17, 15) is 9.59 Å². The lowest BCUT2D eigenvalue weighted by Gasteiger charge is -2.15. The molecule has 7 nitrogen and oxygen atoms in total. The molecule has 1 amide bonds. The van der Waals surface area contributed by atoms with Crippen LogP contribution in [0.3, 0.4) is 0 Å². The van der Waals surface area contributed by atoms with Crippen LogP contribution < -0.4 is 10.9 Å². The van der Waals surface area contributed by atoms with Crippen LogP contribution in [0.1, 0.15) is 18.5 Å². The molecule has 0 spiro atoms. The van der Waals surface area contributed by atoms with Gasteiger partial charge in [0.1, 0.15) is 18.3 Å². The fourth-order valence-electron chi connectivity index (χ4n) is 2.46. The van der Waals surface area contributed by atoms with Crippen LogP contribution in [0, 0.1) is 0 Å². The normalized spacial score (nSPS) is 12.3. The van der Waals surface area contributed by atoms with Crippen LogP contribution in [0.5, 0.6) is 0 Å². The monoisotopic (exact) mass is 345 g/mol. The van der Waals surface area contributed by atoms with Crippen LogP contribution in [0.25, 0.3) is 11.0 Å². The first-order chi connectivity index (χ1) is 11.5. The van der Waals surface area contributed by atoms with E-state index < -0.39 is 0 Å². The Labute approximate surface area is 142 Å². The van der Waals surface area contributed by atoms with Crippen LogP contribution in [-0.2, 0) is 18.4 Å². The Balaban J connectivity index is 1.74. The van der Waals surface area contributed by atoms with Crippen molar-refractivity contribution in [2.24, 2.45) is 7.05 Å². The number of carbonyl (C=O) groups is 1. The van der Waals surface area contributed by atoms with Gasteiger partial charge in [-0.1, -0.05) is 23.7 Å². The minimum atomic E-state index is -0.289. The van der Waals surface area contributed by atoms with E-state index in [0.29, 0.717) is 16.1 Å². The Hall–Kier alpha value is -2.67. The molecular weight excluding hydrogens is 330 g/mol. The summed E-state index contributed by atoms with van der Waals surface area (Å²) >= 11 is 5.86. The summed E-state index contributed by atoms with van der Waals surface area (Å²) in [6.45, 7) is 1.76. The molecule has 124 valence electrons. The van der Waals surface area contributed by atoms with E-state index in [2.05, 4.69) is 15.4 Å². The number of nitrogens with zero attached hydrogens (tertiary/aromatic N) is 4. The van der Waals surface area contributed by atoms with Gasteiger partial charge in [-0.25, -0.2) is 4.98 Å². The minimum absolute atomic E-state index is 0.103. The fourth-order valence-corrected chi connectivity index (χ4v) is 2.58. The molecule has 0 radical (unpaired) electrons. The predicted molar refractivity (Wildman–Crippen MR) is 90.8 cm³/mol. The van der Waals surface area contributed by atoms with E-state index in [-0.39, 0.29) is 24.1 Å². The van der Waals surface area contributed by atoms with Gasteiger partial charge in [-0.05, 0) is 24.6 Å². The molecule has 0 bridgehead atoms. The topological polar surface area (TPSA) is 81.8 Å². The van der Waals surface area contributed by atoms with Gasteiger partial charge in [0.15, 0.2) is 5.65 Å². The molecule has 1 unspecified atom stereocenters. The molecule has 1 aromatic carbocycles. The molecule has 0 fully saturated rings. The van der Waals surface area contributed by atoms with E-state index in [0.717, 1.165) is 5.56 Å². The number of aromatic nitrogens is 4. The number of benzene rings is 1. The highest BCUT2D eigenvalue weighted by molar-refractivity contribution is 6.30. The van der Waals surface area contributed by atoms with Crippen molar-refractivity contribution in [3.05, 3.63) is 57.7 Å². The first-order valence-electron chi connectivity index (χ1n) is 7.37. The van der Waals surface area contributed by atoms with Gasteiger partial charge in [-0.2, -0.15) is 5.10 Å². The summed E-state index contributed by atoms with van der Waals surface area (Å²) in [6, 6.07) is 7.04. The van der Waals surface area contributed by atoms with E-state index in [1.54, 1.807) is 19.2 Å². The molecule has 24 heavy (non-hydrogen) atoms. The van der Waals surface area contributed by atoms with Gasteiger partial charge in [-0.15, -0.1) is 0 Å². The van der Waals surface area contributed by atoms with Crippen LogP contribution in [-0.4, -0.2) is 25.2 Å². The molecule has 3 aromatic rings. The van der Waals surface area contributed by atoms with Crippen molar-refractivity contribution < 1.29 is 4.79 Å². The summed E-state index contributed by atoms with van der Waals surface area (Å²) in [7, 11) is 1.71. The zero-order chi connectivity index (χ0) is 17.3. The zero-order valence-corrected chi connectivity index (χ0v) is 14.0. The first kappa shape index (κ1) is 16.2. The maximum Gasteiger partial charge on any atom is 0.264 e. The van der Waals surface area contributed by atoms with E-state index >= 15 is 0 Å². The lowest BCUT2D eigenvalue weighted by Crippen LogP contribution is -2.33. The summed E-state index contributed by atoms with van der Waals surface area (Å²) in [5.41, 5.74) is 1.13. The SMILES string of the molecule is CC(NC(=O)Cn1cnc2c(cnn2C)c1=O)c1ccc(Cl)cc1. The number of hydrogen-bond acceptors (Lipinski definition) is 4. The molecule has 2 aromatic heterocycles. The minimum Gasteiger partial charge on any atom is -0.348 e. The van der Waals surface area contributed by atoms with Gasteiger partial charge in [0, 0.05) is 12.1 Å². The van der Waals surface area contributed by atoms with E-state index in [1.807, 2.05) is 19.1 Å². The van der Waals surface area contributed by atoms with Crippen LogP contribution in [0.4, 0.5) is 0 Å². The highest BCUT2D eigenvalue weighted by Crippen LogP contribution is 2.15. The van der Waals surface area contributed by atoms with Crippen molar-refractivity contribution in [2.45, 2.75) is 19.5 Å². The second kappa shape index (κ2) is 6.45. The number of carbonyl (C=O) groups excluding carboxylic acids is 1. The quantitative estimate of drug-likeness (QED) is 0.779. The number of amides is 1. The Morgan fingerprint density at radius 2 is 2.04 bits per heavy atom. The third-order valence-electron chi connectivity index (χ3n) is 3.78. The van der Waals surface area contributed by atoms with Gasteiger partial charge in [0.25, 0.3) is 5.56 Å². The number of hydrogen-bond donors (Lipinski definition) is 1. The lowest BCUT2D eigenvalue weighted by atomic mass is 10.1. The first-order valence-corrected chi connectivity index (χ1v) is 7.75. The van der Waals surface area contributed by atoms with Crippen molar-refractivity contribution in [1.82, 2.24) is 24.6 Å². The number of nitrogens with one attached hydrogen (secondary N) is 1. The Morgan fingerprint density at radius 1 is 1.33 bits per heavy atom. The second-order valence-electron chi connectivity index (χ2n) is 5.52. The van der Waals surface area contributed by atoms with Crippen molar-refractivity contribution in [3.63, 3.8) is 0 Å². The highest BCUT2D eigenvalue weighted by atomic mass is 35.5. The Kier molecular flexibility index (Phi) is 4.35. The predicted octanol–water partition coefficient (Wildman–Crippen LogP) is 1.66. The number of rotatable bonds is 4. The van der Waals surface area contributed by atoms with Crippen molar-refractivity contribution in [2.75, 3.05) is 0 Å². The molecule has 0 saturated heterocycles. The standard InChI is InChI=1S/C16H16ClN5O2/c1-10(11-3-5-12(17)6-4-11)20-14(23)8-22-9-18-15-13(16(22)24)7-19-21(15)2/h3-7,9-10H,8H2,1-2H3,(H,20,23). The Morgan fingerprint density at radius 3 is 2.75 bits per heavy atom. The average Bonchev–Trinajstić information content (AvgIpc) is 2.92. The molecule has 1 N–H and O–H groups in total. The fraction of sp³-hybridized carbons (Fsp3) is 0.250. The lowest BCUT2D eigenvalue weighted by molar-refractivity contribution is -0.122. The van der Waals surface area contributed by atoms with Gasteiger partial charge in [-0.3, -0.25) is 18.8 Å². The van der Waals surface area contributed by atoms with Crippen LogP contribution in [0.15, 0.2) is 41.6 Å². The number of aryl methyl sites for hydroxylation is 1. The summed E-state index contributed by atoms with van der Waals surface area (Å²) in [6.07, 6.45) is 2.81. The summed E-state index contributed by atoms with van der Waals surface area (Å²) in [5, 5.41) is 7.88. The molecular formula is C16H16ClN5O2. The summed E-state index contributed by atoms with van der Waals surface area (Å²) in [4.78, 5) is 28.7. The van der Waals surface area contributed by atoms with Gasteiger partial charge < -0.3 is 5.32 Å². The smallest absolute Gasteiger partial charge is 0.264 e. The summed E-state index contributed by atoms with van der Waals surface area (Å²) < 4.78 is 2.79. The second-order valence-corrected chi connectivity index (χ2v) is 5.96. The third-order valence-corrected chi connectivity index (χ3v) is 4.03. The third kappa shape index (κ3) is 3.16. The number of fused-ring (bicyclic) bond motifs is 1. The van der Waals surface area contributed by atoms with Gasteiger partial charge >= 0.3 is 0 Å². The maximum absolute atomic E-state index is 12.3. The zero-order valence-electron chi connectivity index (χ0n) is 13.2. The Bertz CT molecular complexity index is 945. The highest BCUT2D eigenvalue weighted by Gasteiger charge is 2.13. The largest absolute Gasteiger partial charge is 0.348 e. The van der Waals surface area contributed by atoms with Crippen molar-refractivity contribution in [3.8, 4) is 0 Å². The maximum atomic E-state index is 12.3.